The SMILES string of the molecule is CN(C)S(=O)(=O)N1CCCCC(N)C1. The fourth-order valence-electron chi connectivity index (χ4n) is 1.58. The molecule has 0 bridgehead atoms. The van der Waals surface area contributed by atoms with Crippen molar-refractivity contribution in [1.82, 2.24) is 8.61 Å². The molecule has 0 amide bonds. The first kappa shape index (κ1) is 11.9. The van der Waals surface area contributed by atoms with E-state index in [9.17, 15) is 8.42 Å². The lowest BCUT2D eigenvalue weighted by Gasteiger charge is -2.25. The molecule has 1 aliphatic rings. The van der Waals surface area contributed by atoms with E-state index in [1.165, 1.54) is 8.61 Å². The molecule has 1 aliphatic heterocycles. The maximum absolute atomic E-state index is 11.8. The first-order valence-electron chi connectivity index (χ1n) is 4.88. The Morgan fingerprint density at radius 2 is 2.00 bits per heavy atom. The summed E-state index contributed by atoms with van der Waals surface area (Å²) in [5.74, 6) is 0. The maximum Gasteiger partial charge on any atom is 0.281 e. The predicted molar refractivity (Wildman–Crippen MR) is 56.0 cm³/mol. The summed E-state index contributed by atoms with van der Waals surface area (Å²) in [5, 5.41) is 0. The van der Waals surface area contributed by atoms with Gasteiger partial charge >= 0.3 is 0 Å². The van der Waals surface area contributed by atoms with Gasteiger partial charge in [-0.3, -0.25) is 0 Å². The van der Waals surface area contributed by atoms with E-state index in [1.54, 1.807) is 14.1 Å². The highest BCUT2D eigenvalue weighted by Gasteiger charge is 2.27. The molecule has 0 aromatic heterocycles. The molecule has 6 heteroatoms. The van der Waals surface area contributed by atoms with Crippen molar-refractivity contribution in [3.05, 3.63) is 0 Å². The Balaban J connectivity index is 2.75. The summed E-state index contributed by atoms with van der Waals surface area (Å²) in [5.41, 5.74) is 5.80. The molecule has 0 spiro atoms. The van der Waals surface area contributed by atoms with Gasteiger partial charge in [0.15, 0.2) is 0 Å². The van der Waals surface area contributed by atoms with Crippen LogP contribution < -0.4 is 5.73 Å². The molecule has 1 unspecified atom stereocenters. The van der Waals surface area contributed by atoms with Crippen LogP contribution in [0.25, 0.3) is 0 Å². The van der Waals surface area contributed by atoms with E-state index in [0.29, 0.717) is 13.1 Å². The van der Waals surface area contributed by atoms with Crippen LogP contribution in [-0.2, 0) is 10.2 Å². The zero-order chi connectivity index (χ0) is 10.8. The van der Waals surface area contributed by atoms with Gasteiger partial charge < -0.3 is 5.73 Å². The van der Waals surface area contributed by atoms with Crippen LogP contribution in [-0.4, -0.2) is 50.3 Å². The first-order chi connectivity index (χ1) is 6.44. The zero-order valence-electron chi connectivity index (χ0n) is 8.81. The van der Waals surface area contributed by atoms with Crippen molar-refractivity contribution >= 4 is 10.2 Å². The van der Waals surface area contributed by atoms with Gasteiger partial charge in [-0.15, -0.1) is 0 Å². The average molecular weight is 221 g/mol. The number of hydrogen-bond acceptors (Lipinski definition) is 3. The van der Waals surface area contributed by atoms with E-state index in [0.717, 1.165) is 19.3 Å². The molecule has 1 rings (SSSR count). The van der Waals surface area contributed by atoms with Crippen molar-refractivity contribution < 1.29 is 8.42 Å². The molecular weight excluding hydrogens is 202 g/mol. The summed E-state index contributed by atoms with van der Waals surface area (Å²) in [7, 11) is -0.175. The average Bonchev–Trinajstić information content (AvgIpc) is 2.29. The van der Waals surface area contributed by atoms with Gasteiger partial charge in [-0.2, -0.15) is 17.0 Å². The maximum atomic E-state index is 11.8. The summed E-state index contributed by atoms with van der Waals surface area (Å²) in [6.07, 6.45) is 2.83. The Morgan fingerprint density at radius 3 is 2.57 bits per heavy atom. The van der Waals surface area contributed by atoms with Crippen LogP contribution in [0.3, 0.4) is 0 Å². The van der Waals surface area contributed by atoms with Crippen LogP contribution >= 0.6 is 0 Å². The van der Waals surface area contributed by atoms with Gasteiger partial charge in [-0.25, -0.2) is 0 Å². The van der Waals surface area contributed by atoms with Crippen LogP contribution in [0.2, 0.25) is 0 Å². The molecule has 0 saturated carbocycles. The van der Waals surface area contributed by atoms with Crippen LogP contribution in [0.4, 0.5) is 0 Å². The molecule has 0 aromatic carbocycles. The topological polar surface area (TPSA) is 66.6 Å². The Kier molecular flexibility index (Phi) is 3.88. The van der Waals surface area contributed by atoms with Gasteiger partial charge in [0.05, 0.1) is 0 Å². The van der Waals surface area contributed by atoms with Crippen molar-refractivity contribution in [2.75, 3.05) is 27.2 Å². The van der Waals surface area contributed by atoms with E-state index in [1.807, 2.05) is 0 Å². The highest BCUT2D eigenvalue weighted by molar-refractivity contribution is 7.86. The van der Waals surface area contributed by atoms with E-state index in [4.69, 9.17) is 5.73 Å². The van der Waals surface area contributed by atoms with Crippen LogP contribution in [0, 0.1) is 0 Å². The smallest absolute Gasteiger partial charge is 0.281 e. The number of rotatable bonds is 2. The molecule has 1 fully saturated rings. The zero-order valence-corrected chi connectivity index (χ0v) is 9.63. The largest absolute Gasteiger partial charge is 0.327 e. The van der Waals surface area contributed by atoms with Crippen molar-refractivity contribution in [3.8, 4) is 0 Å². The van der Waals surface area contributed by atoms with E-state index in [-0.39, 0.29) is 6.04 Å². The molecule has 14 heavy (non-hydrogen) atoms. The number of nitrogens with two attached hydrogens (primary N) is 1. The third-order valence-corrected chi connectivity index (χ3v) is 4.37. The normalized spacial score (nSPS) is 26.4. The number of hydrogen-bond donors (Lipinski definition) is 1. The molecule has 84 valence electrons. The predicted octanol–water partition coefficient (Wildman–Crippen LogP) is -0.394. The molecule has 0 aliphatic carbocycles. The third kappa shape index (κ3) is 2.66. The van der Waals surface area contributed by atoms with Crippen molar-refractivity contribution in [2.24, 2.45) is 5.73 Å². The van der Waals surface area contributed by atoms with E-state index >= 15 is 0 Å². The van der Waals surface area contributed by atoms with E-state index < -0.39 is 10.2 Å². The van der Waals surface area contributed by atoms with Crippen LogP contribution in [0.5, 0.6) is 0 Å². The monoisotopic (exact) mass is 221 g/mol. The quantitative estimate of drug-likeness (QED) is 0.690. The molecule has 5 nitrogen and oxygen atoms in total. The van der Waals surface area contributed by atoms with Gasteiger partial charge in [0.25, 0.3) is 10.2 Å². The van der Waals surface area contributed by atoms with Gasteiger partial charge in [0.2, 0.25) is 0 Å². The third-order valence-electron chi connectivity index (χ3n) is 2.46. The van der Waals surface area contributed by atoms with Gasteiger partial charge in [-0.05, 0) is 12.8 Å². The highest BCUT2D eigenvalue weighted by Crippen LogP contribution is 2.13. The van der Waals surface area contributed by atoms with Gasteiger partial charge in [-0.1, -0.05) is 6.42 Å². The Hall–Kier alpha value is -0.170. The second-order valence-corrected chi connectivity index (χ2v) is 6.05. The minimum Gasteiger partial charge on any atom is -0.327 e. The standard InChI is InChI=1S/C8H19N3O2S/c1-10(2)14(12,13)11-6-4-3-5-8(9)7-11/h8H,3-7,9H2,1-2H3. The Bertz CT molecular complexity index is 276. The summed E-state index contributed by atoms with van der Waals surface area (Å²) >= 11 is 0. The highest BCUT2D eigenvalue weighted by atomic mass is 32.2. The van der Waals surface area contributed by atoms with Crippen LogP contribution in [0.15, 0.2) is 0 Å². The number of nitrogens with zero attached hydrogens (tertiary/aromatic N) is 2. The van der Waals surface area contributed by atoms with Gasteiger partial charge in [0.1, 0.15) is 0 Å². The molecule has 1 heterocycles. The lowest BCUT2D eigenvalue weighted by atomic mass is 10.2. The molecule has 1 atom stereocenters. The van der Waals surface area contributed by atoms with Crippen molar-refractivity contribution in [2.45, 2.75) is 25.3 Å². The molecule has 1 saturated heterocycles. The summed E-state index contributed by atoms with van der Waals surface area (Å²) in [6.45, 7) is 1.04. The first-order valence-corrected chi connectivity index (χ1v) is 6.27. The lowest BCUT2D eigenvalue weighted by Crippen LogP contribution is -2.44. The van der Waals surface area contributed by atoms with Gasteiger partial charge in [0, 0.05) is 33.2 Å². The molecule has 2 N–H and O–H groups in total. The second-order valence-electron chi connectivity index (χ2n) is 3.90. The second kappa shape index (κ2) is 4.57. The molecule has 0 radical (unpaired) electrons. The van der Waals surface area contributed by atoms with Crippen LogP contribution in [0.1, 0.15) is 19.3 Å². The Morgan fingerprint density at radius 1 is 1.36 bits per heavy atom. The lowest BCUT2D eigenvalue weighted by molar-refractivity contribution is 0.371. The minimum absolute atomic E-state index is 0.0211. The fourth-order valence-corrected chi connectivity index (χ4v) is 2.78. The summed E-state index contributed by atoms with van der Waals surface area (Å²) < 4.78 is 26.3. The van der Waals surface area contributed by atoms with Crippen molar-refractivity contribution in [1.29, 1.82) is 0 Å². The van der Waals surface area contributed by atoms with Crippen molar-refractivity contribution in [3.63, 3.8) is 0 Å². The Labute approximate surface area is 86.0 Å². The molecule has 0 aromatic rings. The van der Waals surface area contributed by atoms with E-state index in [2.05, 4.69) is 0 Å². The fraction of sp³-hybridized carbons (Fsp3) is 1.00. The minimum atomic E-state index is -3.27. The summed E-state index contributed by atoms with van der Waals surface area (Å²) in [4.78, 5) is 0. The molecular formula is C8H19N3O2S. The summed E-state index contributed by atoms with van der Waals surface area (Å²) in [6, 6.07) is -0.0211.